The molecule has 0 aliphatic carbocycles. The van der Waals surface area contributed by atoms with Gasteiger partial charge in [-0.2, -0.15) is 0 Å². The van der Waals surface area contributed by atoms with E-state index >= 15 is 0 Å². The molecule has 3 aromatic carbocycles. The summed E-state index contributed by atoms with van der Waals surface area (Å²) in [5, 5.41) is 0. The van der Waals surface area contributed by atoms with Crippen molar-refractivity contribution in [3.8, 4) is 11.5 Å². The number of benzene rings is 3. The van der Waals surface area contributed by atoms with E-state index in [1.54, 1.807) is 36.5 Å². The van der Waals surface area contributed by atoms with Crippen LogP contribution in [0.25, 0.3) is 0 Å². The van der Waals surface area contributed by atoms with E-state index in [4.69, 9.17) is 9.47 Å². The van der Waals surface area contributed by atoms with Gasteiger partial charge >= 0.3 is 5.97 Å². The maximum atomic E-state index is 12.3. The van der Waals surface area contributed by atoms with Gasteiger partial charge in [-0.1, -0.05) is 31.9 Å². The molecule has 0 N–H and O–H groups in total. The summed E-state index contributed by atoms with van der Waals surface area (Å²) in [6.45, 7) is 2.93. The molecule has 0 saturated heterocycles. The van der Waals surface area contributed by atoms with Gasteiger partial charge in [-0.05, 0) is 88.6 Å². The molecule has 0 bridgehead atoms. The molecule has 0 amide bonds. The Balaban J connectivity index is 1.55. The first-order valence-corrected chi connectivity index (χ1v) is 10.8. The van der Waals surface area contributed by atoms with Crippen LogP contribution in [0.4, 0.5) is 5.69 Å². The maximum absolute atomic E-state index is 12.3. The molecule has 4 nitrogen and oxygen atoms in total. The van der Waals surface area contributed by atoms with Crippen LogP contribution in [0.2, 0.25) is 0 Å². The molecule has 0 aliphatic rings. The molecule has 0 aliphatic heterocycles. The third-order valence-corrected chi connectivity index (χ3v) is 5.06. The van der Waals surface area contributed by atoms with Crippen LogP contribution in [0, 0.1) is 0 Å². The lowest BCUT2D eigenvalue weighted by molar-refractivity contribution is 0.0733. The van der Waals surface area contributed by atoms with E-state index in [2.05, 4.69) is 27.8 Å². The Morgan fingerprint density at radius 3 is 2.40 bits per heavy atom. The number of unbranched alkanes of at least 4 members (excludes halogenated alkanes) is 2. The monoisotopic (exact) mass is 465 g/mol. The molecule has 5 heteroatoms. The number of halogens is 1. The molecule has 0 spiro atoms. The third kappa shape index (κ3) is 6.56. The van der Waals surface area contributed by atoms with Gasteiger partial charge in [0.1, 0.15) is 11.5 Å². The topological polar surface area (TPSA) is 47.9 Å². The minimum atomic E-state index is -0.410. The van der Waals surface area contributed by atoms with Crippen molar-refractivity contribution in [3.05, 3.63) is 88.4 Å². The number of hydrogen-bond acceptors (Lipinski definition) is 4. The molecular weight excluding hydrogens is 442 g/mol. The Labute approximate surface area is 185 Å². The molecule has 3 aromatic rings. The fourth-order valence-corrected chi connectivity index (χ4v) is 3.08. The van der Waals surface area contributed by atoms with Crippen molar-refractivity contribution in [2.45, 2.75) is 26.2 Å². The molecule has 0 unspecified atom stereocenters. The Hall–Kier alpha value is -2.92. The van der Waals surface area contributed by atoms with Crippen LogP contribution in [0.15, 0.2) is 82.3 Å². The van der Waals surface area contributed by atoms with Gasteiger partial charge in [0.2, 0.25) is 0 Å². The van der Waals surface area contributed by atoms with Gasteiger partial charge in [0.05, 0.1) is 22.3 Å². The highest BCUT2D eigenvalue weighted by molar-refractivity contribution is 9.10. The predicted octanol–water partition coefficient (Wildman–Crippen LogP) is 6.99. The number of hydrogen-bond donors (Lipinski definition) is 0. The Morgan fingerprint density at radius 1 is 0.967 bits per heavy atom. The second-order valence-electron chi connectivity index (χ2n) is 6.75. The molecule has 0 fully saturated rings. The number of rotatable bonds is 9. The van der Waals surface area contributed by atoms with Gasteiger partial charge in [-0.25, -0.2) is 4.79 Å². The number of para-hydroxylation sites is 1. The maximum Gasteiger partial charge on any atom is 0.343 e. The zero-order valence-electron chi connectivity index (χ0n) is 16.9. The van der Waals surface area contributed by atoms with Crippen molar-refractivity contribution in [2.75, 3.05) is 6.61 Å². The highest BCUT2D eigenvalue weighted by atomic mass is 79.9. The molecule has 0 aromatic heterocycles. The quantitative estimate of drug-likeness (QED) is 0.148. The minimum absolute atomic E-state index is 0.410. The standard InChI is InChI=1S/C25H24BrNO3/c1-2-3-6-17-29-22-15-9-19(10-16-22)18-27-21-13-11-20(12-14-21)25(28)30-24-8-5-4-7-23(24)26/h4-5,7-16,18H,2-3,6,17H2,1H3. The first kappa shape index (κ1) is 21.8. The summed E-state index contributed by atoms with van der Waals surface area (Å²) >= 11 is 3.37. The normalized spacial score (nSPS) is 10.9. The van der Waals surface area contributed by atoms with Crippen molar-refractivity contribution in [3.63, 3.8) is 0 Å². The van der Waals surface area contributed by atoms with Crippen LogP contribution in [-0.4, -0.2) is 18.8 Å². The molecule has 30 heavy (non-hydrogen) atoms. The van der Waals surface area contributed by atoms with Crippen molar-refractivity contribution in [1.82, 2.24) is 0 Å². The average Bonchev–Trinajstić information content (AvgIpc) is 2.78. The van der Waals surface area contributed by atoms with Gasteiger partial charge < -0.3 is 9.47 Å². The van der Waals surface area contributed by atoms with Gasteiger partial charge in [0, 0.05) is 6.21 Å². The second kappa shape index (κ2) is 11.3. The molecule has 0 saturated carbocycles. The summed E-state index contributed by atoms with van der Waals surface area (Å²) in [5.41, 5.74) is 2.20. The van der Waals surface area contributed by atoms with Gasteiger partial charge in [-0.15, -0.1) is 0 Å². The lowest BCUT2D eigenvalue weighted by Gasteiger charge is -2.06. The van der Waals surface area contributed by atoms with Crippen molar-refractivity contribution < 1.29 is 14.3 Å². The lowest BCUT2D eigenvalue weighted by atomic mass is 10.2. The largest absolute Gasteiger partial charge is 0.494 e. The van der Waals surface area contributed by atoms with E-state index in [1.165, 1.54) is 12.8 Å². The van der Waals surface area contributed by atoms with Crippen LogP contribution in [0.1, 0.15) is 42.1 Å². The molecule has 3 rings (SSSR count). The summed E-state index contributed by atoms with van der Waals surface area (Å²) < 4.78 is 11.9. The van der Waals surface area contributed by atoms with Gasteiger partial charge in [0.25, 0.3) is 0 Å². The van der Waals surface area contributed by atoms with E-state index in [0.29, 0.717) is 11.3 Å². The van der Waals surface area contributed by atoms with Crippen molar-refractivity contribution in [2.24, 2.45) is 4.99 Å². The van der Waals surface area contributed by atoms with Crippen molar-refractivity contribution in [1.29, 1.82) is 0 Å². The van der Waals surface area contributed by atoms with Crippen LogP contribution in [-0.2, 0) is 0 Å². The number of ether oxygens (including phenoxy) is 2. The zero-order chi connectivity index (χ0) is 21.2. The molecule has 0 heterocycles. The van der Waals surface area contributed by atoms with E-state index in [-0.39, 0.29) is 0 Å². The number of nitrogens with zero attached hydrogens (tertiary/aromatic N) is 1. The SMILES string of the molecule is CCCCCOc1ccc(C=Nc2ccc(C(=O)Oc3ccccc3Br)cc2)cc1. The van der Waals surface area contributed by atoms with Gasteiger partial charge in [-0.3, -0.25) is 4.99 Å². The number of aliphatic imine (C=N–C) groups is 1. The summed E-state index contributed by atoms with van der Waals surface area (Å²) in [5.74, 6) is 0.950. The number of carbonyl (C=O) groups is 1. The molecular formula is C25H24BrNO3. The Kier molecular flexibility index (Phi) is 8.21. The smallest absolute Gasteiger partial charge is 0.343 e. The summed E-state index contributed by atoms with van der Waals surface area (Å²) in [7, 11) is 0. The van der Waals surface area contributed by atoms with Gasteiger partial charge in [0.15, 0.2) is 0 Å². The van der Waals surface area contributed by atoms with E-state index in [1.807, 2.05) is 42.5 Å². The summed E-state index contributed by atoms with van der Waals surface area (Å²) in [6, 6.07) is 22.1. The summed E-state index contributed by atoms with van der Waals surface area (Å²) in [4.78, 5) is 16.8. The molecule has 0 radical (unpaired) electrons. The first-order chi connectivity index (χ1) is 14.7. The van der Waals surface area contributed by atoms with Crippen LogP contribution >= 0.6 is 15.9 Å². The van der Waals surface area contributed by atoms with Crippen LogP contribution < -0.4 is 9.47 Å². The fraction of sp³-hybridized carbons (Fsp3) is 0.200. The lowest BCUT2D eigenvalue weighted by Crippen LogP contribution is -2.08. The predicted molar refractivity (Wildman–Crippen MR) is 124 cm³/mol. The fourth-order valence-electron chi connectivity index (χ4n) is 2.71. The third-order valence-electron chi connectivity index (χ3n) is 4.40. The zero-order valence-corrected chi connectivity index (χ0v) is 18.5. The number of esters is 1. The van der Waals surface area contributed by atoms with E-state index in [0.717, 1.165) is 34.5 Å². The van der Waals surface area contributed by atoms with E-state index < -0.39 is 5.97 Å². The van der Waals surface area contributed by atoms with Crippen molar-refractivity contribution >= 4 is 33.8 Å². The number of carbonyl (C=O) groups excluding carboxylic acids is 1. The minimum Gasteiger partial charge on any atom is -0.494 e. The second-order valence-corrected chi connectivity index (χ2v) is 7.60. The summed E-state index contributed by atoms with van der Waals surface area (Å²) in [6.07, 6.45) is 5.23. The first-order valence-electron chi connectivity index (χ1n) is 9.99. The van der Waals surface area contributed by atoms with Crippen LogP contribution in [0.3, 0.4) is 0 Å². The van der Waals surface area contributed by atoms with E-state index in [9.17, 15) is 4.79 Å². The molecule has 154 valence electrons. The highest BCUT2D eigenvalue weighted by Crippen LogP contribution is 2.25. The molecule has 0 atom stereocenters. The Morgan fingerprint density at radius 2 is 1.70 bits per heavy atom. The highest BCUT2D eigenvalue weighted by Gasteiger charge is 2.10. The van der Waals surface area contributed by atoms with Crippen LogP contribution in [0.5, 0.6) is 11.5 Å². The average molecular weight is 466 g/mol. The Bertz CT molecular complexity index is 982.